The van der Waals surface area contributed by atoms with Crippen LogP contribution in [0.2, 0.25) is 0 Å². The van der Waals surface area contributed by atoms with Crippen molar-refractivity contribution in [3.63, 3.8) is 0 Å². The molecule has 4 nitrogen and oxygen atoms in total. The second-order valence-corrected chi connectivity index (χ2v) is 7.14. The van der Waals surface area contributed by atoms with Crippen molar-refractivity contribution in [3.05, 3.63) is 35.4 Å². The van der Waals surface area contributed by atoms with Crippen LogP contribution in [0.5, 0.6) is 0 Å². The van der Waals surface area contributed by atoms with E-state index in [1.54, 1.807) is 0 Å². The van der Waals surface area contributed by atoms with Gasteiger partial charge in [-0.05, 0) is 44.2 Å². The zero-order valence-corrected chi connectivity index (χ0v) is 14.2. The van der Waals surface area contributed by atoms with Gasteiger partial charge in [-0.1, -0.05) is 30.7 Å². The molecular weight excluding hydrogens is 288 g/mol. The van der Waals surface area contributed by atoms with Gasteiger partial charge in [0, 0.05) is 12.0 Å². The first-order valence-electron chi connectivity index (χ1n) is 8.79. The smallest absolute Gasteiger partial charge is 0.226 e. The number of hydrogen-bond donors (Lipinski definition) is 1. The van der Waals surface area contributed by atoms with Crippen LogP contribution in [0.4, 0.5) is 0 Å². The van der Waals surface area contributed by atoms with Crippen LogP contribution in [-0.2, 0) is 9.53 Å². The number of morpholine rings is 1. The Kier molecular flexibility index (Phi) is 5.02. The Morgan fingerprint density at radius 1 is 1.30 bits per heavy atom. The Balaban J connectivity index is 1.73. The van der Waals surface area contributed by atoms with E-state index in [4.69, 9.17) is 10.5 Å². The summed E-state index contributed by atoms with van der Waals surface area (Å²) in [5, 5.41) is 0. The molecule has 4 heteroatoms. The highest BCUT2D eigenvalue weighted by Crippen LogP contribution is 2.31. The molecule has 1 amide bonds. The van der Waals surface area contributed by atoms with Gasteiger partial charge in [-0.25, -0.2) is 0 Å². The summed E-state index contributed by atoms with van der Waals surface area (Å²) in [7, 11) is 0. The van der Waals surface area contributed by atoms with E-state index < -0.39 is 0 Å². The fourth-order valence-electron chi connectivity index (χ4n) is 3.89. The van der Waals surface area contributed by atoms with Crippen LogP contribution in [0.1, 0.15) is 49.8 Å². The van der Waals surface area contributed by atoms with E-state index in [2.05, 4.69) is 26.0 Å². The van der Waals surface area contributed by atoms with Gasteiger partial charge in [0.05, 0.1) is 19.2 Å². The van der Waals surface area contributed by atoms with Crippen LogP contribution in [0.25, 0.3) is 0 Å². The Morgan fingerprint density at radius 3 is 2.83 bits per heavy atom. The highest BCUT2D eigenvalue weighted by Gasteiger charge is 2.35. The van der Waals surface area contributed by atoms with E-state index >= 15 is 0 Å². The Morgan fingerprint density at radius 2 is 2.09 bits per heavy atom. The number of carbonyl (C=O) groups excluding carboxylic acids is 1. The Hall–Kier alpha value is -1.39. The minimum atomic E-state index is -0.0198. The third-order valence-electron chi connectivity index (χ3n) is 5.32. The maximum absolute atomic E-state index is 13.0. The van der Waals surface area contributed by atoms with Crippen LogP contribution < -0.4 is 5.73 Å². The number of aryl methyl sites for hydroxylation is 1. The molecule has 2 aliphatic rings. The minimum Gasteiger partial charge on any atom is -0.370 e. The molecule has 1 heterocycles. The number of hydrogen-bond acceptors (Lipinski definition) is 3. The van der Waals surface area contributed by atoms with Gasteiger partial charge >= 0.3 is 0 Å². The number of rotatable bonds is 2. The van der Waals surface area contributed by atoms with Crippen molar-refractivity contribution in [3.8, 4) is 0 Å². The summed E-state index contributed by atoms with van der Waals surface area (Å²) in [4.78, 5) is 15.0. The van der Waals surface area contributed by atoms with Crippen LogP contribution in [0.15, 0.2) is 24.3 Å². The highest BCUT2D eigenvalue weighted by molar-refractivity contribution is 5.79. The average molecular weight is 316 g/mol. The van der Waals surface area contributed by atoms with Crippen LogP contribution >= 0.6 is 0 Å². The largest absolute Gasteiger partial charge is 0.370 e. The van der Waals surface area contributed by atoms with Crippen LogP contribution in [-0.4, -0.2) is 36.0 Å². The molecule has 0 bridgehead atoms. The van der Waals surface area contributed by atoms with Gasteiger partial charge < -0.3 is 15.4 Å². The molecule has 23 heavy (non-hydrogen) atoms. The SMILES string of the molecule is Cc1ccccc1[C@@H]1CN(C(=O)[C@@H]2CCC[C@@H](N)C2)[C@H](C)CO1. The standard InChI is InChI=1S/C19H28N2O2/c1-13-6-3-4-9-17(13)18-11-21(14(2)12-23-18)19(22)15-7-5-8-16(20)10-15/h3-4,6,9,14-16,18H,5,7-8,10-12,20H2,1-2H3/t14-,15-,16-,18+/m1/s1. The van der Waals surface area contributed by atoms with E-state index in [0.29, 0.717) is 13.2 Å². The molecule has 0 aromatic heterocycles. The zero-order chi connectivity index (χ0) is 16.4. The van der Waals surface area contributed by atoms with Gasteiger partial charge in [-0.3, -0.25) is 4.79 Å². The lowest BCUT2D eigenvalue weighted by molar-refractivity contribution is -0.150. The van der Waals surface area contributed by atoms with Crippen molar-refractivity contribution >= 4 is 5.91 Å². The molecule has 1 saturated heterocycles. The monoisotopic (exact) mass is 316 g/mol. The highest BCUT2D eigenvalue weighted by atomic mass is 16.5. The maximum atomic E-state index is 13.0. The van der Waals surface area contributed by atoms with Crippen molar-refractivity contribution in [2.45, 2.75) is 57.7 Å². The Bertz CT molecular complexity index is 560. The third-order valence-corrected chi connectivity index (χ3v) is 5.32. The second kappa shape index (κ2) is 7.02. The molecule has 0 unspecified atom stereocenters. The lowest BCUT2D eigenvalue weighted by Gasteiger charge is -2.41. The number of nitrogens with two attached hydrogens (primary N) is 1. The van der Waals surface area contributed by atoms with Crippen molar-refractivity contribution in [1.82, 2.24) is 4.90 Å². The second-order valence-electron chi connectivity index (χ2n) is 7.14. The Labute approximate surface area is 139 Å². The van der Waals surface area contributed by atoms with Crippen molar-refractivity contribution in [1.29, 1.82) is 0 Å². The van der Waals surface area contributed by atoms with Crippen LogP contribution in [0, 0.1) is 12.8 Å². The van der Waals surface area contributed by atoms with Crippen LogP contribution in [0.3, 0.4) is 0 Å². The van der Waals surface area contributed by atoms with Gasteiger partial charge in [0.15, 0.2) is 0 Å². The quantitative estimate of drug-likeness (QED) is 0.913. The number of benzene rings is 1. The summed E-state index contributed by atoms with van der Waals surface area (Å²) in [6.07, 6.45) is 3.91. The molecule has 1 aromatic carbocycles. The first-order chi connectivity index (χ1) is 11.1. The summed E-state index contributed by atoms with van der Waals surface area (Å²) < 4.78 is 6.03. The van der Waals surface area contributed by atoms with Crippen molar-refractivity contribution in [2.24, 2.45) is 11.7 Å². The molecule has 1 aromatic rings. The zero-order valence-electron chi connectivity index (χ0n) is 14.2. The molecule has 1 saturated carbocycles. The first kappa shape index (κ1) is 16.5. The summed E-state index contributed by atoms with van der Waals surface area (Å²) in [5.41, 5.74) is 8.48. The van der Waals surface area contributed by atoms with Gasteiger partial charge in [0.25, 0.3) is 0 Å². The molecule has 0 spiro atoms. The number of ether oxygens (including phenoxy) is 1. The predicted molar refractivity (Wildman–Crippen MR) is 91.0 cm³/mol. The van der Waals surface area contributed by atoms with Gasteiger partial charge in [0.2, 0.25) is 5.91 Å². The maximum Gasteiger partial charge on any atom is 0.226 e. The number of amides is 1. The summed E-state index contributed by atoms with van der Waals surface area (Å²) in [5.74, 6) is 0.367. The minimum absolute atomic E-state index is 0.0198. The van der Waals surface area contributed by atoms with E-state index in [-0.39, 0.29) is 30.0 Å². The molecule has 1 aliphatic heterocycles. The number of carbonyl (C=O) groups is 1. The topological polar surface area (TPSA) is 55.6 Å². The first-order valence-corrected chi connectivity index (χ1v) is 8.79. The van der Waals surface area contributed by atoms with Crippen molar-refractivity contribution < 1.29 is 9.53 Å². The van der Waals surface area contributed by atoms with Crippen molar-refractivity contribution in [2.75, 3.05) is 13.2 Å². The normalized spacial score (nSPS) is 31.9. The molecule has 2 N–H and O–H groups in total. The molecule has 1 aliphatic carbocycles. The number of nitrogens with zero attached hydrogens (tertiary/aromatic N) is 1. The summed E-state index contributed by atoms with van der Waals surface area (Å²) in [6.45, 7) is 5.43. The molecule has 3 rings (SSSR count). The third kappa shape index (κ3) is 3.59. The molecule has 4 atom stereocenters. The molecular formula is C19H28N2O2. The van der Waals surface area contributed by atoms with E-state index in [1.165, 1.54) is 11.1 Å². The lowest BCUT2D eigenvalue weighted by Crippen LogP contribution is -2.51. The molecule has 126 valence electrons. The van der Waals surface area contributed by atoms with Gasteiger partial charge in [0.1, 0.15) is 6.10 Å². The fourth-order valence-corrected chi connectivity index (χ4v) is 3.89. The summed E-state index contributed by atoms with van der Waals surface area (Å²) >= 11 is 0. The molecule has 2 fully saturated rings. The van der Waals surface area contributed by atoms with E-state index in [9.17, 15) is 4.79 Å². The van der Waals surface area contributed by atoms with Gasteiger partial charge in [-0.2, -0.15) is 0 Å². The predicted octanol–water partition coefficient (Wildman–Crippen LogP) is 2.80. The van der Waals surface area contributed by atoms with Gasteiger partial charge in [-0.15, -0.1) is 0 Å². The average Bonchev–Trinajstić information content (AvgIpc) is 2.55. The summed E-state index contributed by atoms with van der Waals surface area (Å²) in [6, 6.07) is 8.60. The lowest BCUT2D eigenvalue weighted by atomic mass is 9.84. The fraction of sp³-hybridized carbons (Fsp3) is 0.632. The van der Waals surface area contributed by atoms with E-state index in [1.807, 2.05) is 17.0 Å². The molecule has 0 radical (unpaired) electrons. The van der Waals surface area contributed by atoms with E-state index in [0.717, 1.165) is 25.7 Å².